The highest BCUT2D eigenvalue weighted by atomic mass is 16.5. The summed E-state index contributed by atoms with van der Waals surface area (Å²) >= 11 is 0. The summed E-state index contributed by atoms with van der Waals surface area (Å²) < 4.78 is 11.6. The SMILES string of the molecule is CC1CN(C(=O)COc2ccccc2)CC(Cc2ccccc2)O1. The van der Waals surface area contributed by atoms with Gasteiger partial charge in [-0.2, -0.15) is 0 Å². The zero-order valence-corrected chi connectivity index (χ0v) is 13.9. The maximum absolute atomic E-state index is 12.5. The third-order valence-electron chi connectivity index (χ3n) is 4.09. The van der Waals surface area contributed by atoms with Crippen LogP contribution in [0.2, 0.25) is 0 Å². The number of ether oxygens (including phenoxy) is 2. The van der Waals surface area contributed by atoms with Crippen LogP contribution in [0.25, 0.3) is 0 Å². The molecule has 4 heteroatoms. The van der Waals surface area contributed by atoms with Gasteiger partial charge < -0.3 is 14.4 Å². The van der Waals surface area contributed by atoms with Crippen molar-refractivity contribution in [3.63, 3.8) is 0 Å². The molecule has 0 radical (unpaired) electrons. The number of rotatable bonds is 5. The first-order valence-corrected chi connectivity index (χ1v) is 8.35. The van der Waals surface area contributed by atoms with Crippen molar-refractivity contribution in [1.82, 2.24) is 4.90 Å². The van der Waals surface area contributed by atoms with Gasteiger partial charge in [0, 0.05) is 19.5 Å². The number of morpholine rings is 1. The fraction of sp³-hybridized carbons (Fsp3) is 0.350. The summed E-state index contributed by atoms with van der Waals surface area (Å²) in [4.78, 5) is 14.3. The van der Waals surface area contributed by atoms with E-state index in [1.165, 1.54) is 5.56 Å². The third kappa shape index (κ3) is 4.59. The molecular weight excluding hydrogens is 302 g/mol. The molecule has 1 heterocycles. The minimum atomic E-state index is 0.00654. The summed E-state index contributed by atoms with van der Waals surface area (Å²) in [6.07, 6.45) is 0.874. The lowest BCUT2D eigenvalue weighted by atomic mass is 10.1. The van der Waals surface area contributed by atoms with E-state index in [9.17, 15) is 4.79 Å². The van der Waals surface area contributed by atoms with Crippen LogP contribution in [0.15, 0.2) is 60.7 Å². The van der Waals surface area contributed by atoms with Crippen LogP contribution in [0.4, 0.5) is 0 Å². The predicted molar refractivity (Wildman–Crippen MR) is 93.0 cm³/mol. The van der Waals surface area contributed by atoms with Crippen LogP contribution in [0.1, 0.15) is 12.5 Å². The van der Waals surface area contributed by atoms with Gasteiger partial charge in [-0.1, -0.05) is 48.5 Å². The molecule has 4 nitrogen and oxygen atoms in total. The zero-order chi connectivity index (χ0) is 16.8. The second-order valence-corrected chi connectivity index (χ2v) is 6.16. The molecule has 24 heavy (non-hydrogen) atoms. The second kappa shape index (κ2) is 7.97. The Morgan fingerprint density at radius 1 is 1.08 bits per heavy atom. The Kier molecular flexibility index (Phi) is 5.49. The van der Waals surface area contributed by atoms with Gasteiger partial charge in [0.05, 0.1) is 12.2 Å². The average molecular weight is 325 g/mol. The molecule has 2 unspecified atom stereocenters. The van der Waals surface area contributed by atoms with Gasteiger partial charge in [-0.3, -0.25) is 4.79 Å². The lowest BCUT2D eigenvalue weighted by Gasteiger charge is -2.37. The number of carbonyl (C=O) groups is 1. The highest BCUT2D eigenvalue weighted by Crippen LogP contribution is 2.16. The van der Waals surface area contributed by atoms with Gasteiger partial charge in [0.25, 0.3) is 5.91 Å². The van der Waals surface area contributed by atoms with E-state index in [0.717, 1.165) is 6.42 Å². The molecule has 2 aromatic carbocycles. The van der Waals surface area contributed by atoms with E-state index in [0.29, 0.717) is 18.8 Å². The predicted octanol–water partition coefficient (Wildman–Crippen LogP) is 2.92. The fourth-order valence-electron chi connectivity index (χ4n) is 2.99. The lowest BCUT2D eigenvalue weighted by Crippen LogP contribution is -2.51. The maximum atomic E-state index is 12.5. The van der Waals surface area contributed by atoms with E-state index in [1.54, 1.807) is 0 Å². The Balaban J connectivity index is 1.55. The van der Waals surface area contributed by atoms with E-state index < -0.39 is 0 Å². The van der Waals surface area contributed by atoms with Crippen LogP contribution < -0.4 is 4.74 Å². The van der Waals surface area contributed by atoms with Crippen molar-refractivity contribution in [3.8, 4) is 5.75 Å². The van der Waals surface area contributed by atoms with Crippen LogP contribution in [0.3, 0.4) is 0 Å². The smallest absolute Gasteiger partial charge is 0.260 e. The van der Waals surface area contributed by atoms with Gasteiger partial charge >= 0.3 is 0 Å². The van der Waals surface area contributed by atoms with Crippen molar-refractivity contribution in [2.24, 2.45) is 0 Å². The van der Waals surface area contributed by atoms with E-state index in [2.05, 4.69) is 12.1 Å². The van der Waals surface area contributed by atoms with Gasteiger partial charge in [-0.15, -0.1) is 0 Å². The number of carbonyl (C=O) groups excluding carboxylic acids is 1. The second-order valence-electron chi connectivity index (χ2n) is 6.16. The Labute approximate surface area is 143 Å². The van der Waals surface area contributed by atoms with Gasteiger partial charge in [0.2, 0.25) is 0 Å². The molecule has 2 aromatic rings. The van der Waals surface area contributed by atoms with E-state index in [4.69, 9.17) is 9.47 Å². The molecule has 0 bridgehead atoms. The molecule has 0 saturated carbocycles. The van der Waals surface area contributed by atoms with Gasteiger partial charge in [-0.25, -0.2) is 0 Å². The monoisotopic (exact) mass is 325 g/mol. The van der Waals surface area contributed by atoms with Crippen LogP contribution in [-0.2, 0) is 16.0 Å². The van der Waals surface area contributed by atoms with Crippen molar-refractivity contribution in [3.05, 3.63) is 66.2 Å². The molecule has 2 atom stereocenters. The quantitative estimate of drug-likeness (QED) is 0.848. The van der Waals surface area contributed by atoms with E-state index in [-0.39, 0.29) is 24.7 Å². The van der Waals surface area contributed by atoms with Crippen molar-refractivity contribution < 1.29 is 14.3 Å². The van der Waals surface area contributed by atoms with Crippen molar-refractivity contribution in [2.75, 3.05) is 19.7 Å². The number of nitrogens with zero attached hydrogens (tertiary/aromatic N) is 1. The summed E-state index contributed by atoms with van der Waals surface area (Å²) in [6, 6.07) is 19.7. The Morgan fingerprint density at radius 3 is 2.46 bits per heavy atom. The summed E-state index contributed by atoms with van der Waals surface area (Å²) in [6.45, 7) is 3.29. The molecule has 0 aliphatic carbocycles. The topological polar surface area (TPSA) is 38.8 Å². The molecular formula is C20H23NO3. The van der Waals surface area contributed by atoms with E-state index >= 15 is 0 Å². The van der Waals surface area contributed by atoms with Crippen LogP contribution >= 0.6 is 0 Å². The summed E-state index contributed by atoms with van der Waals surface area (Å²) in [7, 11) is 0. The van der Waals surface area contributed by atoms with Crippen molar-refractivity contribution in [2.45, 2.75) is 25.6 Å². The Hall–Kier alpha value is -2.33. The highest BCUT2D eigenvalue weighted by molar-refractivity contribution is 5.78. The highest BCUT2D eigenvalue weighted by Gasteiger charge is 2.28. The Bertz CT molecular complexity index is 644. The molecule has 0 N–H and O–H groups in total. The van der Waals surface area contributed by atoms with Crippen LogP contribution in [0, 0.1) is 0 Å². The molecule has 3 rings (SSSR count). The maximum Gasteiger partial charge on any atom is 0.260 e. The van der Waals surface area contributed by atoms with Crippen molar-refractivity contribution in [1.29, 1.82) is 0 Å². The molecule has 0 aromatic heterocycles. The molecule has 1 fully saturated rings. The number of hydrogen-bond acceptors (Lipinski definition) is 3. The molecule has 1 amide bonds. The largest absolute Gasteiger partial charge is 0.484 e. The number of para-hydroxylation sites is 1. The zero-order valence-electron chi connectivity index (χ0n) is 13.9. The molecule has 1 saturated heterocycles. The summed E-state index contributed by atoms with van der Waals surface area (Å²) in [5, 5.41) is 0. The number of benzene rings is 2. The standard InChI is InChI=1S/C20H23NO3/c1-16-13-21(20(22)15-23-18-10-6-3-7-11-18)14-19(24-16)12-17-8-4-2-5-9-17/h2-11,16,19H,12-15H2,1H3. The molecule has 0 spiro atoms. The number of amides is 1. The minimum absolute atomic E-state index is 0.00654. The molecule has 1 aliphatic heterocycles. The lowest BCUT2D eigenvalue weighted by molar-refractivity contribution is -0.146. The average Bonchev–Trinajstić information content (AvgIpc) is 2.61. The third-order valence-corrected chi connectivity index (χ3v) is 4.09. The summed E-state index contributed by atoms with van der Waals surface area (Å²) in [5.41, 5.74) is 1.23. The Morgan fingerprint density at radius 2 is 1.75 bits per heavy atom. The van der Waals surface area contributed by atoms with Gasteiger partial charge in [-0.05, 0) is 24.6 Å². The first-order valence-electron chi connectivity index (χ1n) is 8.35. The van der Waals surface area contributed by atoms with Gasteiger partial charge in [0.15, 0.2) is 6.61 Å². The summed E-state index contributed by atoms with van der Waals surface area (Å²) in [5.74, 6) is 0.722. The minimum Gasteiger partial charge on any atom is -0.484 e. The van der Waals surface area contributed by atoms with Crippen LogP contribution in [-0.4, -0.2) is 42.7 Å². The first-order chi connectivity index (χ1) is 11.7. The van der Waals surface area contributed by atoms with Crippen molar-refractivity contribution >= 4 is 5.91 Å². The number of hydrogen-bond donors (Lipinski definition) is 0. The first kappa shape index (κ1) is 16.5. The molecule has 126 valence electrons. The van der Waals surface area contributed by atoms with E-state index in [1.807, 2.05) is 60.4 Å². The fourth-order valence-corrected chi connectivity index (χ4v) is 2.99. The van der Waals surface area contributed by atoms with Gasteiger partial charge in [0.1, 0.15) is 5.75 Å². The normalized spacial score (nSPS) is 20.6. The van der Waals surface area contributed by atoms with Crippen LogP contribution in [0.5, 0.6) is 5.75 Å². The molecule has 1 aliphatic rings.